The van der Waals surface area contributed by atoms with E-state index in [1.54, 1.807) is 6.07 Å². The van der Waals surface area contributed by atoms with Crippen LogP contribution in [0, 0.1) is 0 Å². The number of aromatic amines is 1. The molecule has 1 aliphatic rings. The quantitative estimate of drug-likeness (QED) is 0.531. The third kappa shape index (κ3) is 3.77. The van der Waals surface area contributed by atoms with Gasteiger partial charge in [-0.25, -0.2) is 4.98 Å². The van der Waals surface area contributed by atoms with Gasteiger partial charge in [-0.1, -0.05) is 48.5 Å². The molecule has 3 heterocycles. The zero-order valence-corrected chi connectivity index (χ0v) is 17.0. The van der Waals surface area contributed by atoms with Crippen LogP contribution in [0.15, 0.2) is 65.5 Å². The van der Waals surface area contributed by atoms with Gasteiger partial charge in [-0.2, -0.15) is 0 Å². The minimum atomic E-state index is -0.315. The van der Waals surface area contributed by atoms with Gasteiger partial charge in [-0.3, -0.25) is 19.8 Å². The Balaban J connectivity index is 1.34. The van der Waals surface area contributed by atoms with E-state index in [2.05, 4.69) is 44.5 Å². The standard InChI is InChI=1S/C23H20N4O2S/c28-21-12-17(16-8-4-5-9-18(16)24-21)22(29)26-23-25-19-14-27(11-10-20(19)30-23)13-15-6-2-1-3-7-15/h1-9,12H,10-11,13-14H2,(H,24,28)(H,25,26,29). The van der Waals surface area contributed by atoms with Crippen molar-refractivity contribution in [3.8, 4) is 0 Å². The molecule has 0 saturated carbocycles. The fourth-order valence-electron chi connectivity index (χ4n) is 3.84. The van der Waals surface area contributed by atoms with Crippen molar-refractivity contribution < 1.29 is 4.79 Å². The van der Waals surface area contributed by atoms with Crippen LogP contribution in [0.2, 0.25) is 0 Å². The van der Waals surface area contributed by atoms with Crippen molar-refractivity contribution in [2.24, 2.45) is 0 Å². The molecule has 0 bridgehead atoms. The molecule has 0 radical (unpaired) electrons. The fourth-order valence-corrected chi connectivity index (χ4v) is 4.79. The number of hydrogen-bond acceptors (Lipinski definition) is 5. The van der Waals surface area contributed by atoms with Gasteiger partial charge in [-0.05, 0) is 18.1 Å². The zero-order valence-electron chi connectivity index (χ0n) is 16.2. The number of pyridine rings is 1. The normalized spacial score (nSPS) is 13.9. The summed E-state index contributed by atoms with van der Waals surface area (Å²) < 4.78 is 0. The molecule has 0 fully saturated rings. The summed E-state index contributed by atoms with van der Waals surface area (Å²) in [6.45, 7) is 2.62. The lowest BCUT2D eigenvalue weighted by Crippen LogP contribution is -2.29. The second-order valence-electron chi connectivity index (χ2n) is 7.38. The Morgan fingerprint density at radius 3 is 2.80 bits per heavy atom. The molecule has 2 aromatic heterocycles. The maximum atomic E-state index is 12.9. The highest BCUT2D eigenvalue weighted by molar-refractivity contribution is 7.15. The van der Waals surface area contributed by atoms with Crippen LogP contribution in [0.4, 0.5) is 5.13 Å². The van der Waals surface area contributed by atoms with Crippen molar-refractivity contribution >= 4 is 33.3 Å². The Labute approximate surface area is 177 Å². The van der Waals surface area contributed by atoms with Crippen LogP contribution in [0.3, 0.4) is 0 Å². The first-order valence-electron chi connectivity index (χ1n) is 9.84. The van der Waals surface area contributed by atoms with Gasteiger partial charge in [0.2, 0.25) is 5.56 Å². The van der Waals surface area contributed by atoms with Crippen molar-refractivity contribution in [2.75, 3.05) is 11.9 Å². The highest BCUT2D eigenvalue weighted by Crippen LogP contribution is 2.29. The molecule has 30 heavy (non-hydrogen) atoms. The van der Waals surface area contributed by atoms with Gasteiger partial charge >= 0.3 is 0 Å². The van der Waals surface area contributed by atoms with Crippen LogP contribution < -0.4 is 10.9 Å². The predicted octanol–water partition coefficient (Wildman–Crippen LogP) is 3.80. The number of nitrogens with one attached hydrogen (secondary N) is 2. The number of amides is 1. The summed E-state index contributed by atoms with van der Waals surface area (Å²) in [6.07, 6.45) is 0.920. The molecule has 0 spiro atoms. The van der Waals surface area contributed by atoms with Crippen LogP contribution in [0.5, 0.6) is 0 Å². The van der Waals surface area contributed by atoms with Crippen molar-refractivity contribution in [3.63, 3.8) is 0 Å². The molecule has 0 saturated heterocycles. The number of hydrogen-bond donors (Lipinski definition) is 2. The maximum absolute atomic E-state index is 12.9. The van der Waals surface area contributed by atoms with E-state index in [1.807, 2.05) is 24.3 Å². The average molecular weight is 417 g/mol. The van der Waals surface area contributed by atoms with Crippen LogP contribution in [-0.4, -0.2) is 27.3 Å². The number of thiazole rings is 1. The van der Waals surface area contributed by atoms with E-state index in [0.717, 1.165) is 31.7 Å². The van der Waals surface area contributed by atoms with E-state index in [1.165, 1.54) is 27.8 Å². The maximum Gasteiger partial charge on any atom is 0.258 e. The minimum Gasteiger partial charge on any atom is -0.322 e. The molecule has 1 amide bonds. The number of fused-ring (bicyclic) bond motifs is 2. The minimum absolute atomic E-state index is 0.297. The van der Waals surface area contributed by atoms with E-state index < -0.39 is 0 Å². The van der Waals surface area contributed by atoms with Gasteiger partial charge in [0.1, 0.15) is 0 Å². The van der Waals surface area contributed by atoms with Crippen molar-refractivity contribution in [3.05, 3.63) is 92.7 Å². The Bertz CT molecular complexity index is 1280. The van der Waals surface area contributed by atoms with Gasteiger partial charge in [0.25, 0.3) is 5.91 Å². The van der Waals surface area contributed by atoms with Crippen LogP contribution in [0.1, 0.15) is 26.5 Å². The molecule has 0 aliphatic carbocycles. The first-order valence-corrected chi connectivity index (χ1v) is 10.7. The number of rotatable bonds is 4. The lowest BCUT2D eigenvalue weighted by Gasteiger charge is -2.25. The van der Waals surface area contributed by atoms with E-state index in [0.29, 0.717) is 21.6 Å². The number of aromatic nitrogens is 2. The lowest BCUT2D eigenvalue weighted by molar-refractivity contribution is 0.102. The van der Waals surface area contributed by atoms with E-state index in [4.69, 9.17) is 0 Å². The van der Waals surface area contributed by atoms with Crippen LogP contribution in [0.25, 0.3) is 10.9 Å². The zero-order chi connectivity index (χ0) is 20.5. The summed E-state index contributed by atoms with van der Waals surface area (Å²) in [4.78, 5) is 35.9. The van der Waals surface area contributed by atoms with Crippen molar-refractivity contribution in [2.45, 2.75) is 19.5 Å². The third-order valence-electron chi connectivity index (χ3n) is 5.27. The van der Waals surface area contributed by atoms with Crippen LogP contribution in [-0.2, 0) is 19.5 Å². The molecule has 2 aromatic carbocycles. The largest absolute Gasteiger partial charge is 0.322 e. The molecule has 2 N–H and O–H groups in total. The second-order valence-corrected chi connectivity index (χ2v) is 8.47. The van der Waals surface area contributed by atoms with Crippen molar-refractivity contribution in [1.29, 1.82) is 0 Å². The lowest BCUT2D eigenvalue weighted by atomic mass is 10.1. The summed E-state index contributed by atoms with van der Waals surface area (Å²) in [5.74, 6) is -0.315. The summed E-state index contributed by atoms with van der Waals surface area (Å²) >= 11 is 1.52. The summed E-state index contributed by atoms with van der Waals surface area (Å²) in [5, 5.41) is 4.19. The highest BCUT2D eigenvalue weighted by Gasteiger charge is 2.22. The number of para-hydroxylation sites is 1. The summed E-state index contributed by atoms with van der Waals surface area (Å²) in [6, 6.07) is 19.0. The fraction of sp³-hybridized carbons (Fsp3) is 0.174. The third-order valence-corrected chi connectivity index (χ3v) is 6.34. The average Bonchev–Trinajstić information content (AvgIpc) is 3.15. The number of carbonyl (C=O) groups excluding carboxylic acids is 1. The second kappa shape index (κ2) is 7.85. The number of carbonyl (C=O) groups is 1. The van der Waals surface area contributed by atoms with Gasteiger partial charge in [-0.15, -0.1) is 11.3 Å². The topological polar surface area (TPSA) is 78.1 Å². The Morgan fingerprint density at radius 2 is 1.93 bits per heavy atom. The molecular formula is C23H20N4O2S. The Hall–Kier alpha value is -3.29. The predicted molar refractivity (Wildman–Crippen MR) is 119 cm³/mol. The van der Waals surface area contributed by atoms with Crippen molar-refractivity contribution in [1.82, 2.24) is 14.9 Å². The molecule has 6 nitrogen and oxygen atoms in total. The molecule has 1 aliphatic heterocycles. The van der Waals surface area contributed by atoms with Gasteiger partial charge in [0.05, 0.1) is 11.3 Å². The molecule has 4 aromatic rings. The molecule has 0 atom stereocenters. The van der Waals surface area contributed by atoms with Gasteiger partial charge in [0.15, 0.2) is 5.13 Å². The highest BCUT2D eigenvalue weighted by atomic mass is 32.1. The number of nitrogens with zero attached hydrogens (tertiary/aromatic N) is 2. The monoisotopic (exact) mass is 416 g/mol. The first kappa shape index (κ1) is 18.7. The van der Waals surface area contributed by atoms with Crippen LogP contribution >= 0.6 is 11.3 Å². The number of anilines is 1. The molecule has 5 rings (SSSR count). The van der Waals surface area contributed by atoms with E-state index in [-0.39, 0.29) is 11.5 Å². The molecule has 150 valence electrons. The van der Waals surface area contributed by atoms with E-state index in [9.17, 15) is 9.59 Å². The SMILES string of the molecule is O=C(Nc1nc2c(s1)CCN(Cc1ccccc1)C2)c1cc(=O)[nH]c2ccccc12. The number of benzene rings is 2. The van der Waals surface area contributed by atoms with Gasteiger partial charge in [0, 0.05) is 41.5 Å². The van der Waals surface area contributed by atoms with Gasteiger partial charge < -0.3 is 4.98 Å². The Kier molecular flexibility index (Phi) is 4.90. The summed E-state index contributed by atoms with van der Waals surface area (Å²) in [7, 11) is 0. The van der Waals surface area contributed by atoms with E-state index >= 15 is 0 Å². The smallest absolute Gasteiger partial charge is 0.258 e. The molecular weight excluding hydrogens is 396 g/mol. The molecule has 7 heteroatoms. The first-order chi connectivity index (χ1) is 14.7. The molecule has 0 unspecified atom stereocenters. The summed E-state index contributed by atoms with van der Waals surface area (Å²) in [5.41, 5.74) is 3.01. The number of H-pyrrole nitrogens is 1. The Morgan fingerprint density at radius 1 is 1.13 bits per heavy atom.